The molecule has 7 rings (SSSR count). The number of benzene rings is 5. The van der Waals surface area contributed by atoms with Crippen LogP contribution in [0.15, 0.2) is 109 Å². The largest absolute Gasteiger partial charge is 0.310 e. The van der Waals surface area contributed by atoms with Gasteiger partial charge in [-0.25, -0.2) is 0 Å². The highest BCUT2D eigenvalue weighted by molar-refractivity contribution is 7.26. The third-order valence-electron chi connectivity index (χ3n) is 6.31. The predicted molar refractivity (Wildman–Crippen MR) is 152 cm³/mol. The van der Waals surface area contributed by atoms with Crippen LogP contribution in [-0.2, 0) is 0 Å². The molecule has 0 spiro atoms. The van der Waals surface area contributed by atoms with Crippen molar-refractivity contribution in [2.24, 2.45) is 0 Å². The molecule has 0 saturated carbocycles. The highest BCUT2D eigenvalue weighted by Gasteiger charge is 2.16. The van der Waals surface area contributed by atoms with Gasteiger partial charge >= 0.3 is 0 Å². The molecular weight excluding hydrogens is 474 g/mol. The first-order chi connectivity index (χ1) is 16.7. The van der Waals surface area contributed by atoms with E-state index in [1.807, 2.05) is 17.4 Å². The number of halogens is 1. The van der Waals surface area contributed by atoms with Gasteiger partial charge in [0.05, 0.1) is 0 Å². The first-order valence-corrected chi connectivity index (χ1v) is 13.1. The molecule has 0 aliphatic rings. The van der Waals surface area contributed by atoms with E-state index in [1.165, 1.54) is 40.3 Å². The molecule has 2 aromatic heterocycles. The Kier molecular flexibility index (Phi) is 4.63. The number of nitrogens with zero attached hydrogens (tertiary/aromatic N) is 1. The summed E-state index contributed by atoms with van der Waals surface area (Å²) in [6.45, 7) is 0. The molecule has 5 aromatic carbocycles. The van der Waals surface area contributed by atoms with Gasteiger partial charge in [0, 0.05) is 62.4 Å². The van der Waals surface area contributed by atoms with Gasteiger partial charge in [0.25, 0.3) is 0 Å². The summed E-state index contributed by atoms with van der Waals surface area (Å²) in [6.07, 6.45) is 0. The fraction of sp³-hybridized carbons (Fsp3) is 0. The number of hydrogen-bond donors (Lipinski definition) is 0. The van der Waals surface area contributed by atoms with Gasteiger partial charge in [-0.05, 0) is 66.7 Å². The molecule has 1 nitrogen and oxygen atoms in total. The van der Waals surface area contributed by atoms with E-state index >= 15 is 0 Å². The second-order valence-electron chi connectivity index (χ2n) is 8.37. The second-order valence-corrected chi connectivity index (χ2v) is 11.0. The zero-order chi connectivity index (χ0) is 22.6. The lowest BCUT2D eigenvalue weighted by Gasteiger charge is -2.25. The molecule has 0 unspecified atom stereocenters. The van der Waals surface area contributed by atoms with Crippen molar-refractivity contribution in [2.75, 3.05) is 4.90 Å². The van der Waals surface area contributed by atoms with Crippen LogP contribution >= 0.6 is 34.3 Å². The van der Waals surface area contributed by atoms with Crippen molar-refractivity contribution in [3.63, 3.8) is 0 Å². The minimum atomic E-state index is 0.779. The minimum Gasteiger partial charge on any atom is -0.310 e. The summed E-state index contributed by atoms with van der Waals surface area (Å²) in [4.78, 5) is 2.35. The molecule has 0 bridgehead atoms. The maximum absolute atomic E-state index is 6.27. The van der Waals surface area contributed by atoms with E-state index in [-0.39, 0.29) is 0 Å². The van der Waals surface area contributed by atoms with Gasteiger partial charge in [0.15, 0.2) is 0 Å². The van der Waals surface area contributed by atoms with Crippen LogP contribution in [0.25, 0.3) is 40.3 Å². The van der Waals surface area contributed by atoms with Crippen molar-refractivity contribution in [2.45, 2.75) is 0 Å². The summed E-state index contributed by atoms with van der Waals surface area (Å²) < 4.78 is 5.13. The van der Waals surface area contributed by atoms with Crippen molar-refractivity contribution in [1.29, 1.82) is 0 Å². The van der Waals surface area contributed by atoms with Crippen LogP contribution in [0.4, 0.5) is 17.1 Å². The molecule has 0 N–H and O–H groups in total. The molecule has 7 aromatic rings. The Balaban J connectivity index is 1.47. The smallest absolute Gasteiger partial charge is 0.0468 e. The first kappa shape index (κ1) is 20.0. The maximum Gasteiger partial charge on any atom is 0.0468 e. The van der Waals surface area contributed by atoms with E-state index in [1.54, 1.807) is 11.3 Å². The van der Waals surface area contributed by atoms with Crippen LogP contribution < -0.4 is 4.90 Å². The van der Waals surface area contributed by atoms with E-state index in [0.29, 0.717) is 0 Å². The van der Waals surface area contributed by atoms with Crippen molar-refractivity contribution in [3.05, 3.63) is 114 Å². The topological polar surface area (TPSA) is 3.24 Å². The molecule has 0 amide bonds. The van der Waals surface area contributed by atoms with E-state index in [0.717, 1.165) is 22.1 Å². The predicted octanol–water partition coefficient (Wildman–Crippen LogP) is 10.5. The molecular formula is C30H18ClNS2. The number of rotatable bonds is 3. The van der Waals surface area contributed by atoms with E-state index in [9.17, 15) is 0 Å². The average molecular weight is 492 g/mol. The lowest BCUT2D eigenvalue weighted by molar-refractivity contribution is 1.30. The zero-order valence-corrected chi connectivity index (χ0v) is 20.4. The summed E-state index contributed by atoms with van der Waals surface area (Å²) in [5, 5.41) is 5.90. The number of anilines is 3. The number of fused-ring (bicyclic) bond motifs is 6. The Labute approximate surface area is 210 Å². The molecule has 4 heteroatoms. The standard InChI is InChI=1S/C30H18ClNS2/c31-19-10-13-24-26-18-22(12-15-29(26)34-30(24)16-19)32(20-6-2-1-3-7-20)21-11-14-28-25(17-21)23-8-4-5-9-27(23)33-28/h1-18H. The number of para-hydroxylation sites is 1. The summed E-state index contributed by atoms with van der Waals surface area (Å²) in [5.41, 5.74) is 3.44. The van der Waals surface area contributed by atoms with Crippen LogP contribution in [-0.4, -0.2) is 0 Å². The van der Waals surface area contributed by atoms with E-state index < -0.39 is 0 Å². The summed E-state index contributed by atoms with van der Waals surface area (Å²) in [7, 11) is 0. The van der Waals surface area contributed by atoms with Gasteiger partial charge in [-0.2, -0.15) is 0 Å². The highest BCUT2D eigenvalue weighted by atomic mass is 35.5. The lowest BCUT2D eigenvalue weighted by Crippen LogP contribution is -2.09. The Morgan fingerprint density at radius 3 is 1.76 bits per heavy atom. The van der Waals surface area contributed by atoms with E-state index in [2.05, 4.69) is 108 Å². The molecule has 2 heterocycles. The first-order valence-electron chi connectivity index (χ1n) is 11.1. The van der Waals surface area contributed by atoms with Crippen LogP contribution in [0.1, 0.15) is 0 Å². The average Bonchev–Trinajstić information content (AvgIpc) is 3.42. The quantitative estimate of drug-likeness (QED) is 0.237. The van der Waals surface area contributed by atoms with Crippen LogP contribution in [0.2, 0.25) is 5.02 Å². The third-order valence-corrected chi connectivity index (χ3v) is 8.83. The SMILES string of the molecule is Clc1ccc2c(c1)sc1ccc(N(c3ccccc3)c3ccc4sc5ccccc5c4c3)cc12. The van der Waals surface area contributed by atoms with Crippen molar-refractivity contribution < 1.29 is 0 Å². The van der Waals surface area contributed by atoms with Crippen molar-refractivity contribution >= 4 is 91.7 Å². The summed E-state index contributed by atoms with van der Waals surface area (Å²) in [6, 6.07) is 39.0. The van der Waals surface area contributed by atoms with Gasteiger partial charge in [-0.1, -0.05) is 54.1 Å². The van der Waals surface area contributed by atoms with Gasteiger partial charge < -0.3 is 4.90 Å². The molecule has 34 heavy (non-hydrogen) atoms. The van der Waals surface area contributed by atoms with Crippen molar-refractivity contribution in [1.82, 2.24) is 0 Å². The van der Waals surface area contributed by atoms with Gasteiger partial charge in [0.1, 0.15) is 0 Å². The minimum absolute atomic E-state index is 0.779. The Hall–Kier alpha value is -3.37. The summed E-state index contributed by atoms with van der Waals surface area (Å²) in [5.74, 6) is 0. The van der Waals surface area contributed by atoms with Crippen molar-refractivity contribution in [3.8, 4) is 0 Å². The van der Waals surface area contributed by atoms with Gasteiger partial charge in [-0.3, -0.25) is 0 Å². The molecule has 0 radical (unpaired) electrons. The summed E-state index contributed by atoms with van der Waals surface area (Å²) >= 11 is 9.91. The Morgan fingerprint density at radius 2 is 1.03 bits per heavy atom. The molecule has 0 fully saturated rings. The molecule has 0 atom stereocenters. The third kappa shape index (κ3) is 3.20. The normalized spacial score (nSPS) is 11.7. The Bertz CT molecular complexity index is 1830. The molecule has 0 saturated heterocycles. The van der Waals surface area contributed by atoms with Gasteiger partial charge in [0.2, 0.25) is 0 Å². The van der Waals surface area contributed by atoms with E-state index in [4.69, 9.17) is 11.6 Å². The number of thiophene rings is 2. The second kappa shape index (κ2) is 7.85. The van der Waals surface area contributed by atoms with Crippen LogP contribution in [0.5, 0.6) is 0 Å². The molecule has 0 aliphatic heterocycles. The highest BCUT2D eigenvalue weighted by Crippen LogP contribution is 2.43. The van der Waals surface area contributed by atoms with Crippen LogP contribution in [0, 0.1) is 0 Å². The fourth-order valence-electron chi connectivity index (χ4n) is 4.76. The maximum atomic E-state index is 6.27. The lowest BCUT2D eigenvalue weighted by atomic mass is 10.1. The molecule has 162 valence electrons. The number of hydrogen-bond acceptors (Lipinski definition) is 3. The van der Waals surface area contributed by atoms with Gasteiger partial charge in [-0.15, -0.1) is 22.7 Å². The monoisotopic (exact) mass is 491 g/mol. The Morgan fingerprint density at radius 1 is 0.441 bits per heavy atom. The fourth-order valence-corrected chi connectivity index (χ4v) is 7.20. The molecule has 0 aliphatic carbocycles. The van der Waals surface area contributed by atoms with Crippen LogP contribution in [0.3, 0.4) is 0 Å². The zero-order valence-electron chi connectivity index (χ0n) is 18.0.